The third-order valence-electron chi connectivity index (χ3n) is 3.60. The average molecular weight is 312 g/mol. The molecule has 2 heterocycles. The van der Waals surface area contributed by atoms with Gasteiger partial charge >= 0.3 is 0 Å². The molecule has 2 rings (SSSR count). The summed E-state index contributed by atoms with van der Waals surface area (Å²) >= 11 is 0. The molecule has 2 N–H and O–H groups in total. The maximum Gasteiger partial charge on any atom is 0.228 e. The number of sulfonamides is 1. The zero-order valence-electron chi connectivity index (χ0n) is 11.1. The molecule has 112 valence electrons. The van der Waals surface area contributed by atoms with Crippen LogP contribution in [0.15, 0.2) is 0 Å². The third kappa shape index (κ3) is 4.91. The summed E-state index contributed by atoms with van der Waals surface area (Å²) < 4.78 is 24.6. The Morgan fingerprint density at radius 2 is 2.11 bits per heavy atom. The summed E-state index contributed by atoms with van der Waals surface area (Å²) in [6, 6.07) is 0. The summed E-state index contributed by atoms with van der Waals surface area (Å²) in [4.78, 5) is 14.0. The predicted molar refractivity (Wildman–Crippen MR) is 75.8 cm³/mol. The van der Waals surface area contributed by atoms with Gasteiger partial charge in [0, 0.05) is 32.7 Å². The second-order valence-corrected chi connectivity index (χ2v) is 7.10. The number of nitrogens with zero attached hydrogens (tertiary/aromatic N) is 1. The molecule has 0 spiro atoms. The Morgan fingerprint density at radius 1 is 1.42 bits per heavy atom. The summed E-state index contributed by atoms with van der Waals surface area (Å²) in [5, 5.41) is 3.10. The lowest BCUT2D eigenvalue weighted by Gasteiger charge is -2.37. The van der Waals surface area contributed by atoms with Crippen LogP contribution in [-0.4, -0.2) is 58.2 Å². The first-order valence-corrected chi connectivity index (χ1v) is 8.29. The molecule has 0 aliphatic carbocycles. The molecule has 2 aliphatic rings. The molecule has 0 aromatic rings. The van der Waals surface area contributed by atoms with Gasteiger partial charge in [-0.05, 0) is 18.8 Å². The van der Waals surface area contributed by atoms with Crippen LogP contribution in [0.25, 0.3) is 0 Å². The first-order valence-electron chi connectivity index (χ1n) is 6.40. The highest BCUT2D eigenvalue weighted by atomic mass is 35.5. The topological polar surface area (TPSA) is 78.5 Å². The van der Waals surface area contributed by atoms with Crippen LogP contribution in [-0.2, 0) is 14.8 Å². The number of carbonyl (C=O) groups is 1. The van der Waals surface area contributed by atoms with Gasteiger partial charge < -0.3 is 10.2 Å². The number of hydrogen-bond acceptors (Lipinski definition) is 4. The van der Waals surface area contributed by atoms with Crippen molar-refractivity contribution in [1.29, 1.82) is 0 Å². The minimum Gasteiger partial charge on any atom is -0.342 e. The number of likely N-dealkylation sites (tertiary alicyclic amines) is 1. The Morgan fingerprint density at radius 3 is 2.63 bits per heavy atom. The van der Waals surface area contributed by atoms with Gasteiger partial charge in [0.05, 0.1) is 12.2 Å². The number of nitrogens with one attached hydrogen (secondary N) is 2. The van der Waals surface area contributed by atoms with Crippen molar-refractivity contribution in [2.24, 2.45) is 11.8 Å². The number of carbonyl (C=O) groups excluding carboxylic acids is 1. The van der Waals surface area contributed by atoms with E-state index in [0.717, 1.165) is 32.5 Å². The number of halogens is 1. The van der Waals surface area contributed by atoms with E-state index in [9.17, 15) is 13.2 Å². The van der Waals surface area contributed by atoms with E-state index in [2.05, 4.69) is 10.0 Å². The molecule has 0 aromatic carbocycles. The molecule has 0 bridgehead atoms. The van der Waals surface area contributed by atoms with E-state index in [0.29, 0.717) is 13.1 Å². The fraction of sp³-hybridized carbons (Fsp3) is 0.909. The van der Waals surface area contributed by atoms with E-state index in [1.54, 1.807) is 0 Å². The molecule has 6 nitrogen and oxygen atoms in total. The zero-order valence-corrected chi connectivity index (χ0v) is 12.7. The summed E-state index contributed by atoms with van der Waals surface area (Å²) in [6.45, 7) is 3.48. The Balaban J connectivity index is 0.00000180. The first-order chi connectivity index (χ1) is 8.46. The van der Waals surface area contributed by atoms with E-state index >= 15 is 0 Å². The van der Waals surface area contributed by atoms with Gasteiger partial charge in [0.1, 0.15) is 0 Å². The van der Waals surface area contributed by atoms with Crippen LogP contribution in [0, 0.1) is 11.8 Å². The van der Waals surface area contributed by atoms with E-state index in [4.69, 9.17) is 0 Å². The molecule has 2 aliphatic heterocycles. The minimum absolute atomic E-state index is 0. The van der Waals surface area contributed by atoms with Gasteiger partial charge in [-0.15, -0.1) is 12.4 Å². The maximum absolute atomic E-state index is 12.1. The Kier molecular flexibility index (Phi) is 6.04. The van der Waals surface area contributed by atoms with Crippen LogP contribution in [0.4, 0.5) is 0 Å². The van der Waals surface area contributed by atoms with Gasteiger partial charge in [-0.25, -0.2) is 13.1 Å². The minimum atomic E-state index is -3.13. The van der Waals surface area contributed by atoms with Crippen LogP contribution in [0.1, 0.15) is 12.8 Å². The van der Waals surface area contributed by atoms with Crippen molar-refractivity contribution in [2.45, 2.75) is 12.8 Å². The number of amides is 1. The van der Waals surface area contributed by atoms with Gasteiger partial charge in [0.25, 0.3) is 0 Å². The van der Waals surface area contributed by atoms with Crippen molar-refractivity contribution in [3.8, 4) is 0 Å². The van der Waals surface area contributed by atoms with E-state index < -0.39 is 10.0 Å². The van der Waals surface area contributed by atoms with Gasteiger partial charge in [-0.1, -0.05) is 0 Å². The largest absolute Gasteiger partial charge is 0.342 e. The highest BCUT2D eigenvalue weighted by Gasteiger charge is 2.32. The average Bonchev–Trinajstić information content (AvgIpc) is 2.23. The van der Waals surface area contributed by atoms with Crippen molar-refractivity contribution in [3.63, 3.8) is 0 Å². The van der Waals surface area contributed by atoms with Gasteiger partial charge in [-0.2, -0.15) is 0 Å². The quantitative estimate of drug-likeness (QED) is 0.728. The molecule has 19 heavy (non-hydrogen) atoms. The monoisotopic (exact) mass is 311 g/mol. The van der Waals surface area contributed by atoms with Crippen LogP contribution in [0.2, 0.25) is 0 Å². The predicted octanol–water partition coefficient (Wildman–Crippen LogP) is -0.585. The molecule has 1 atom stereocenters. The number of rotatable bonds is 4. The summed E-state index contributed by atoms with van der Waals surface area (Å²) in [7, 11) is -3.13. The molecule has 0 aromatic heterocycles. The van der Waals surface area contributed by atoms with E-state index in [1.165, 1.54) is 6.26 Å². The maximum atomic E-state index is 12.1. The zero-order chi connectivity index (χ0) is 13.2. The lowest BCUT2D eigenvalue weighted by Crippen LogP contribution is -2.54. The van der Waals surface area contributed by atoms with E-state index in [1.807, 2.05) is 4.90 Å². The third-order valence-corrected chi connectivity index (χ3v) is 4.29. The number of hydrogen-bond donors (Lipinski definition) is 2. The van der Waals surface area contributed by atoms with Crippen LogP contribution < -0.4 is 10.0 Å². The Bertz CT molecular complexity index is 411. The molecule has 0 radical (unpaired) electrons. The van der Waals surface area contributed by atoms with Gasteiger partial charge in [0.15, 0.2) is 0 Å². The van der Waals surface area contributed by atoms with Gasteiger partial charge in [-0.3, -0.25) is 4.79 Å². The van der Waals surface area contributed by atoms with Crippen molar-refractivity contribution >= 4 is 28.3 Å². The van der Waals surface area contributed by atoms with Crippen LogP contribution >= 0.6 is 12.4 Å². The lowest BCUT2D eigenvalue weighted by atomic mass is 9.95. The Hall–Kier alpha value is -0.370. The van der Waals surface area contributed by atoms with Crippen molar-refractivity contribution in [2.75, 3.05) is 39.0 Å². The molecule has 1 amide bonds. The molecule has 1 unspecified atom stereocenters. The summed E-state index contributed by atoms with van der Waals surface area (Å²) in [5.41, 5.74) is 0. The van der Waals surface area contributed by atoms with Gasteiger partial charge in [0.2, 0.25) is 15.9 Å². The first kappa shape index (κ1) is 16.7. The molecule has 2 fully saturated rings. The fourth-order valence-electron chi connectivity index (χ4n) is 2.42. The number of piperidine rings is 1. The van der Waals surface area contributed by atoms with E-state index in [-0.39, 0.29) is 30.2 Å². The highest BCUT2D eigenvalue weighted by molar-refractivity contribution is 7.88. The van der Waals surface area contributed by atoms with Crippen molar-refractivity contribution in [3.05, 3.63) is 0 Å². The summed E-state index contributed by atoms with van der Waals surface area (Å²) in [6.07, 6.45) is 3.11. The molecular formula is C11H22ClN3O3S. The standard InChI is InChI=1S/C11H21N3O3S.ClH/c1-18(16,17)13-5-9-3-2-4-14(8-9)11(15)10-6-12-7-10;/h9-10,12-13H,2-8H2,1H3;1H. The highest BCUT2D eigenvalue weighted by Crippen LogP contribution is 2.19. The normalized spacial score (nSPS) is 24.5. The van der Waals surface area contributed by atoms with Crippen molar-refractivity contribution in [1.82, 2.24) is 14.9 Å². The second kappa shape index (κ2) is 6.88. The fourth-order valence-corrected chi connectivity index (χ4v) is 2.96. The SMILES string of the molecule is CS(=O)(=O)NCC1CCCN(C(=O)C2CNC2)C1.Cl. The second-order valence-electron chi connectivity index (χ2n) is 5.27. The van der Waals surface area contributed by atoms with Crippen molar-refractivity contribution < 1.29 is 13.2 Å². The molecular weight excluding hydrogens is 290 g/mol. The van der Waals surface area contributed by atoms with Crippen LogP contribution in [0.3, 0.4) is 0 Å². The summed E-state index contributed by atoms with van der Waals surface area (Å²) in [5.74, 6) is 0.592. The lowest BCUT2D eigenvalue weighted by molar-refractivity contribution is -0.138. The molecule has 2 saturated heterocycles. The molecule has 8 heteroatoms. The van der Waals surface area contributed by atoms with Crippen LogP contribution in [0.5, 0.6) is 0 Å². The Labute approximate surface area is 120 Å². The smallest absolute Gasteiger partial charge is 0.228 e. The molecule has 0 saturated carbocycles.